The lowest BCUT2D eigenvalue weighted by Gasteiger charge is -2.18. The van der Waals surface area contributed by atoms with E-state index in [1.54, 1.807) is 14.2 Å². The van der Waals surface area contributed by atoms with Crippen LogP contribution >= 0.6 is 24.0 Å². The third-order valence-corrected chi connectivity index (χ3v) is 3.78. The van der Waals surface area contributed by atoms with Gasteiger partial charge >= 0.3 is 0 Å². The van der Waals surface area contributed by atoms with Crippen LogP contribution in [0, 0.1) is 6.92 Å². The number of nitrogens with one attached hydrogen (secondary N) is 2. The molecule has 1 aromatic carbocycles. The number of hydrogen-bond acceptors (Lipinski definition) is 4. The second-order valence-electron chi connectivity index (χ2n) is 6.12. The molecule has 0 spiro atoms. The molecule has 1 atom stereocenters. The average molecular weight is 487 g/mol. The van der Waals surface area contributed by atoms with E-state index in [4.69, 9.17) is 9.47 Å². The van der Waals surface area contributed by atoms with Crippen molar-refractivity contribution < 1.29 is 9.47 Å². The quantitative estimate of drug-likeness (QED) is 0.246. The van der Waals surface area contributed by atoms with Gasteiger partial charge in [-0.2, -0.15) is 5.10 Å². The number of benzene rings is 1. The first-order valence-corrected chi connectivity index (χ1v) is 8.85. The summed E-state index contributed by atoms with van der Waals surface area (Å²) in [5.74, 6) is 2.34. The van der Waals surface area contributed by atoms with Crippen LogP contribution in [-0.4, -0.2) is 49.1 Å². The van der Waals surface area contributed by atoms with Crippen molar-refractivity contribution in [1.82, 2.24) is 20.4 Å². The summed E-state index contributed by atoms with van der Waals surface area (Å²) in [6.45, 7) is 6.41. The normalized spacial score (nSPS) is 12.1. The van der Waals surface area contributed by atoms with Crippen LogP contribution in [0.4, 0.5) is 0 Å². The first-order chi connectivity index (χ1) is 12.6. The lowest BCUT2D eigenvalue weighted by molar-refractivity contribution is 0.223. The van der Waals surface area contributed by atoms with Crippen LogP contribution in [0.3, 0.4) is 0 Å². The van der Waals surface area contributed by atoms with Gasteiger partial charge in [0.1, 0.15) is 17.6 Å². The minimum Gasteiger partial charge on any atom is -0.497 e. The van der Waals surface area contributed by atoms with Crippen LogP contribution in [0.2, 0.25) is 0 Å². The second kappa shape index (κ2) is 12.4. The fraction of sp³-hybridized carbons (Fsp3) is 0.474. The van der Waals surface area contributed by atoms with Gasteiger partial charge < -0.3 is 20.1 Å². The molecular weight excluding hydrogens is 457 g/mol. The van der Waals surface area contributed by atoms with Crippen molar-refractivity contribution in [3.05, 3.63) is 42.2 Å². The Labute approximate surface area is 178 Å². The molecule has 0 aliphatic carbocycles. The summed E-state index contributed by atoms with van der Waals surface area (Å²) >= 11 is 0. The van der Waals surface area contributed by atoms with Crippen molar-refractivity contribution in [2.45, 2.75) is 32.9 Å². The zero-order valence-electron chi connectivity index (χ0n) is 16.4. The Morgan fingerprint density at radius 3 is 2.74 bits per heavy atom. The fourth-order valence-electron chi connectivity index (χ4n) is 2.45. The van der Waals surface area contributed by atoms with Gasteiger partial charge in [-0.25, -0.2) is 0 Å². The molecule has 150 valence electrons. The molecule has 8 heteroatoms. The average Bonchev–Trinajstić information content (AvgIpc) is 3.06. The number of nitrogens with zero attached hydrogens (tertiary/aromatic N) is 3. The fourth-order valence-corrected chi connectivity index (χ4v) is 2.45. The zero-order chi connectivity index (χ0) is 18.8. The lowest BCUT2D eigenvalue weighted by atomic mass is 10.3. The van der Waals surface area contributed by atoms with E-state index in [-0.39, 0.29) is 30.1 Å². The standard InChI is InChI=1S/C19H29N5O2.HI/c1-15-12-23-24(14-15)10-6-9-21-19(20-3)22-13-16(2)26-18-8-5-7-17(11-18)25-4;/h5,7-8,11-12,14,16H,6,9-10,13H2,1-4H3,(H2,20,21,22);1H. The van der Waals surface area contributed by atoms with Crippen molar-refractivity contribution in [2.24, 2.45) is 4.99 Å². The Morgan fingerprint density at radius 1 is 1.30 bits per heavy atom. The molecule has 0 aliphatic heterocycles. The Morgan fingerprint density at radius 2 is 2.07 bits per heavy atom. The summed E-state index contributed by atoms with van der Waals surface area (Å²) in [5.41, 5.74) is 1.18. The molecule has 7 nitrogen and oxygen atoms in total. The number of rotatable bonds is 9. The molecule has 0 aliphatic rings. The first kappa shape index (κ1) is 23.1. The van der Waals surface area contributed by atoms with Gasteiger partial charge in [-0.3, -0.25) is 9.67 Å². The van der Waals surface area contributed by atoms with Crippen molar-refractivity contribution in [3.8, 4) is 11.5 Å². The molecule has 0 fully saturated rings. The number of aryl methyl sites for hydroxylation is 2. The number of aromatic nitrogens is 2. The van der Waals surface area contributed by atoms with Crippen molar-refractivity contribution in [2.75, 3.05) is 27.2 Å². The number of guanidine groups is 1. The molecule has 0 radical (unpaired) electrons. The zero-order valence-corrected chi connectivity index (χ0v) is 18.8. The summed E-state index contributed by atoms with van der Waals surface area (Å²) in [6.07, 6.45) is 4.88. The highest BCUT2D eigenvalue weighted by Crippen LogP contribution is 2.19. The van der Waals surface area contributed by atoms with E-state index in [9.17, 15) is 0 Å². The molecule has 0 amide bonds. The van der Waals surface area contributed by atoms with Crippen LogP contribution in [0.15, 0.2) is 41.7 Å². The summed E-state index contributed by atoms with van der Waals surface area (Å²) in [6, 6.07) is 7.60. The molecule has 0 saturated carbocycles. The van der Waals surface area contributed by atoms with Gasteiger partial charge in [0.2, 0.25) is 0 Å². The predicted molar refractivity (Wildman–Crippen MR) is 119 cm³/mol. The number of methoxy groups -OCH3 is 1. The lowest BCUT2D eigenvalue weighted by Crippen LogP contribution is -2.42. The monoisotopic (exact) mass is 487 g/mol. The molecule has 2 N–H and O–H groups in total. The maximum atomic E-state index is 5.90. The Bertz CT molecular complexity index is 705. The third-order valence-electron chi connectivity index (χ3n) is 3.78. The van der Waals surface area contributed by atoms with Crippen molar-refractivity contribution >= 4 is 29.9 Å². The van der Waals surface area contributed by atoms with Gasteiger partial charge in [0.15, 0.2) is 5.96 Å². The SMILES string of the molecule is CN=C(NCCCn1cc(C)cn1)NCC(C)Oc1cccc(OC)c1.I. The number of halogens is 1. The second-order valence-corrected chi connectivity index (χ2v) is 6.12. The van der Waals surface area contributed by atoms with Crippen LogP contribution in [-0.2, 0) is 6.54 Å². The third kappa shape index (κ3) is 8.51. The summed E-state index contributed by atoms with van der Waals surface area (Å²) in [5, 5.41) is 10.9. The Balaban J connectivity index is 0.00000364. The van der Waals surface area contributed by atoms with E-state index in [1.807, 2.05) is 55.2 Å². The molecule has 0 saturated heterocycles. The highest BCUT2D eigenvalue weighted by Gasteiger charge is 2.06. The molecule has 2 rings (SSSR count). The minimum absolute atomic E-state index is 0. The number of hydrogen-bond donors (Lipinski definition) is 2. The molecule has 1 aromatic heterocycles. The Hall–Kier alpha value is -1.97. The topological polar surface area (TPSA) is 72.7 Å². The maximum absolute atomic E-state index is 5.90. The van der Waals surface area contributed by atoms with Gasteiger partial charge in [0.05, 0.1) is 19.9 Å². The molecule has 27 heavy (non-hydrogen) atoms. The van der Waals surface area contributed by atoms with Crippen LogP contribution in [0.25, 0.3) is 0 Å². The summed E-state index contributed by atoms with van der Waals surface area (Å²) in [7, 11) is 3.41. The van der Waals surface area contributed by atoms with E-state index in [1.165, 1.54) is 5.56 Å². The van der Waals surface area contributed by atoms with Gasteiger partial charge in [0, 0.05) is 32.4 Å². The molecule has 2 aromatic rings. The minimum atomic E-state index is -0.00675. The van der Waals surface area contributed by atoms with Gasteiger partial charge in [-0.1, -0.05) is 6.07 Å². The number of ether oxygens (including phenoxy) is 2. The van der Waals surface area contributed by atoms with Gasteiger partial charge in [-0.15, -0.1) is 24.0 Å². The van der Waals surface area contributed by atoms with E-state index in [2.05, 4.69) is 20.7 Å². The largest absolute Gasteiger partial charge is 0.497 e. The van der Waals surface area contributed by atoms with Crippen LogP contribution < -0.4 is 20.1 Å². The van der Waals surface area contributed by atoms with Crippen molar-refractivity contribution in [1.29, 1.82) is 0 Å². The van der Waals surface area contributed by atoms with E-state index < -0.39 is 0 Å². The van der Waals surface area contributed by atoms with Crippen molar-refractivity contribution in [3.63, 3.8) is 0 Å². The van der Waals surface area contributed by atoms with E-state index >= 15 is 0 Å². The van der Waals surface area contributed by atoms with E-state index in [0.717, 1.165) is 37.0 Å². The summed E-state index contributed by atoms with van der Waals surface area (Å²) in [4.78, 5) is 4.24. The maximum Gasteiger partial charge on any atom is 0.191 e. The van der Waals surface area contributed by atoms with Gasteiger partial charge in [0.25, 0.3) is 0 Å². The predicted octanol–water partition coefficient (Wildman–Crippen LogP) is 2.84. The number of aliphatic imine (C=N–C) groups is 1. The molecular formula is C19H30IN5O2. The van der Waals surface area contributed by atoms with Crippen LogP contribution in [0.5, 0.6) is 11.5 Å². The molecule has 1 unspecified atom stereocenters. The smallest absolute Gasteiger partial charge is 0.191 e. The highest BCUT2D eigenvalue weighted by molar-refractivity contribution is 14.0. The summed E-state index contributed by atoms with van der Waals surface area (Å²) < 4.78 is 13.1. The molecule has 0 bridgehead atoms. The first-order valence-electron chi connectivity index (χ1n) is 8.85. The Kier molecular flexibility index (Phi) is 10.6. The van der Waals surface area contributed by atoms with Gasteiger partial charge in [-0.05, 0) is 38.0 Å². The highest BCUT2D eigenvalue weighted by atomic mass is 127. The van der Waals surface area contributed by atoms with Crippen LogP contribution in [0.1, 0.15) is 18.9 Å². The molecule has 1 heterocycles. The van der Waals surface area contributed by atoms with E-state index in [0.29, 0.717) is 6.54 Å².